The van der Waals surface area contributed by atoms with E-state index in [0.29, 0.717) is 6.42 Å². The van der Waals surface area contributed by atoms with Gasteiger partial charge < -0.3 is 4.90 Å². The number of rotatable bonds is 7. The van der Waals surface area contributed by atoms with Crippen LogP contribution in [0, 0.1) is 22.6 Å². The topological polar surface area (TPSA) is 118 Å². The molecule has 8 nitrogen and oxygen atoms in total. The number of imide groups is 1. The van der Waals surface area contributed by atoms with E-state index < -0.39 is 33.7 Å². The van der Waals surface area contributed by atoms with Crippen LogP contribution < -0.4 is 10.0 Å². The fourth-order valence-corrected chi connectivity index (χ4v) is 5.73. The Bertz CT molecular complexity index is 1310. The zero-order valence-electron chi connectivity index (χ0n) is 20.7. The average molecular weight is 516 g/mol. The number of nitrogens with zero attached hydrogens (tertiary/aromatic N) is 2. The first kappa shape index (κ1) is 26.0. The molecule has 1 atom stereocenters. The van der Waals surface area contributed by atoms with Gasteiger partial charge in [-0.05, 0) is 59.2 Å². The molecule has 2 fully saturated rings. The Hall–Kier alpha value is -3.11. The molecule has 36 heavy (non-hydrogen) atoms. The quantitative estimate of drug-likeness (QED) is 0.569. The van der Waals surface area contributed by atoms with Gasteiger partial charge in [-0.25, -0.2) is 22.8 Å². The summed E-state index contributed by atoms with van der Waals surface area (Å²) in [5, 5.41) is 5.16. The van der Waals surface area contributed by atoms with Gasteiger partial charge in [0.25, 0.3) is 5.91 Å². The normalized spacial score (nSPS) is 21.1. The highest BCUT2D eigenvalue weighted by Gasteiger charge is 2.69. The van der Waals surface area contributed by atoms with Crippen molar-refractivity contribution < 1.29 is 27.2 Å². The van der Waals surface area contributed by atoms with Crippen molar-refractivity contribution >= 4 is 33.4 Å². The Labute approximate surface area is 210 Å². The zero-order chi connectivity index (χ0) is 26.6. The molecule has 0 spiro atoms. The summed E-state index contributed by atoms with van der Waals surface area (Å²) in [5.41, 5.74) is 0.456. The van der Waals surface area contributed by atoms with E-state index in [1.807, 2.05) is 27.7 Å². The van der Waals surface area contributed by atoms with Crippen molar-refractivity contribution in [2.45, 2.75) is 51.5 Å². The van der Waals surface area contributed by atoms with Crippen LogP contribution in [-0.2, 0) is 30.8 Å². The minimum Gasteiger partial charge on any atom is -0.329 e. The third kappa shape index (κ3) is 4.43. The van der Waals surface area contributed by atoms with Gasteiger partial charge in [0.1, 0.15) is 11.9 Å². The lowest BCUT2D eigenvalue weighted by Crippen LogP contribution is -2.47. The van der Waals surface area contributed by atoms with Crippen molar-refractivity contribution in [1.29, 1.82) is 0 Å². The van der Waals surface area contributed by atoms with E-state index >= 15 is 0 Å². The molecule has 1 saturated carbocycles. The maximum atomic E-state index is 13.8. The van der Waals surface area contributed by atoms with E-state index in [0.717, 1.165) is 10.5 Å². The number of nitrogens with two attached hydrogens (primary N) is 1. The SMILES string of the molecule is CC1(C)C(C(=O)N(CCc2ccc(S(N)(=O)=O)cc2)C2CC(=O)N(c3ccc(F)cc3)C2=O)C1(C)C. The van der Waals surface area contributed by atoms with Gasteiger partial charge in [-0.1, -0.05) is 39.8 Å². The second kappa shape index (κ2) is 8.77. The Morgan fingerprint density at radius 3 is 2.08 bits per heavy atom. The first-order chi connectivity index (χ1) is 16.7. The van der Waals surface area contributed by atoms with Crippen LogP contribution in [0.1, 0.15) is 39.7 Å². The van der Waals surface area contributed by atoms with E-state index in [1.165, 1.54) is 41.3 Å². The van der Waals surface area contributed by atoms with Gasteiger partial charge in [0.2, 0.25) is 21.8 Å². The van der Waals surface area contributed by atoms with Gasteiger partial charge in [0, 0.05) is 12.5 Å². The Balaban J connectivity index is 1.61. The summed E-state index contributed by atoms with van der Waals surface area (Å²) in [6.45, 7) is 8.19. The largest absolute Gasteiger partial charge is 0.329 e. The van der Waals surface area contributed by atoms with Crippen LogP contribution in [-0.4, -0.2) is 43.6 Å². The molecule has 1 aliphatic carbocycles. The van der Waals surface area contributed by atoms with Crippen LogP contribution in [0.15, 0.2) is 53.4 Å². The zero-order valence-corrected chi connectivity index (χ0v) is 21.5. The molecule has 1 heterocycles. The lowest BCUT2D eigenvalue weighted by Gasteiger charge is -2.29. The number of hydrogen-bond donors (Lipinski definition) is 1. The number of benzene rings is 2. The van der Waals surface area contributed by atoms with Crippen molar-refractivity contribution in [2.75, 3.05) is 11.4 Å². The number of amides is 3. The summed E-state index contributed by atoms with van der Waals surface area (Å²) in [4.78, 5) is 42.5. The number of sulfonamides is 1. The molecule has 2 aliphatic rings. The lowest BCUT2D eigenvalue weighted by atomic mass is 10.0. The smallest absolute Gasteiger partial charge is 0.257 e. The van der Waals surface area contributed by atoms with Crippen LogP contribution in [0.25, 0.3) is 0 Å². The Morgan fingerprint density at radius 2 is 1.58 bits per heavy atom. The highest BCUT2D eigenvalue weighted by atomic mass is 32.2. The third-order valence-corrected chi connectivity index (χ3v) is 8.96. The van der Waals surface area contributed by atoms with Crippen LogP contribution in [0.2, 0.25) is 0 Å². The Kier molecular flexibility index (Phi) is 6.33. The lowest BCUT2D eigenvalue weighted by molar-refractivity contribution is -0.140. The summed E-state index contributed by atoms with van der Waals surface area (Å²) in [6.07, 6.45) is 0.179. The molecule has 10 heteroatoms. The number of anilines is 1. The van der Waals surface area contributed by atoms with Crippen molar-refractivity contribution in [2.24, 2.45) is 21.9 Å². The van der Waals surface area contributed by atoms with Gasteiger partial charge >= 0.3 is 0 Å². The molecule has 1 saturated heterocycles. The molecule has 3 amide bonds. The van der Waals surface area contributed by atoms with Crippen LogP contribution >= 0.6 is 0 Å². The van der Waals surface area contributed by atoms with E-state index in [1.54, 1.807) is 12.1 Å². The van der Waals surface area contributed by atoms with Crippen molar-refractivity contribution in [3.8, 4) is 0 Å². The van der Waals surface area contributed by atoms with E-state index in [9.17, 15) is 27.2 Å². The molecule has 0 radical (unpaired) electrons. The molecule has 1 aliphatic heterocycles. The molecule has 0 aromatic heterocycles. The van der Waals surface area contributed by atoms with Crippen LogP contribution in [0.4, 0.5) is 10.1 Å². The molecule has 2 N–H and O–H groups in total. The van der Waals surface area contributed by atoms with Gasteiger partial charge in [0.15, 0.2) is 0 Å². The molecule has 2 aromatic rings. The van der Waals surface area contributed by atoms with Crippen LogP contribution in [0.5, 0.6) is 0 Å². The minimum atomic E-state index is -3.83. The number of hydrogen-bond acceptors (Lipinski definition) is 5. The second-order valence-electron chi connectivity index (χ2n) is 10.6. The predicted octanol–water partition coefficient (Wildman–Crippen LogP) is 2.86. The first-order valence-corrected chi connectivity index (χ1v) is 13.3. The molecular formula is C26H30FN3O5S. The van der Waals surface area contributed by atoms with E-state index in [-0.39, 0.29) is 46.2 Å². The third-order valence-electron chi connectivity index (χ3n) is 8.03. The summed E-state index contributed by atoms with van der Waals surface area (Å²) >= 11 is 0. The fraction of sp³-hybridized carbons (Fsp3) is 0.423. The minimum absolute atomic E-state index is 0.0211. The Morgan fingerprint density at radius 1 is 1.03 bits per heavy atom. The highest BCUT2D eigenvalue weighted by molar-refractivity contribution is 7.89. The molecule has 2 aromatic carbocycles. The molecule has 1 unspecified atom stereocenters. The van der Waals surface area contributed by atoms with Crippen molar-refractivity contribution in [3.63, 3.8) is 0 Å². The van der Waals surface area contributed by atoms with Gasteiger partial charge in [-0.3, -0.25) is 14.4 Å². The second-order valence-corrected chi connectivity index (χ2v) is 12.2. The highest BCUT2D eigenvalue weighted by Crippen LogP contribution is 2.69. The number of halogens is 1. The monoisotopic (exact) mass is 515 g/mol. The fourth-order valence-electron chi connectivity index (χ4n) is 5.22. The molecule has 0 bridgehead atoms. The van der Waals surface area contributed by atoms with Crippen molar-refractivity contribution in [3.05, 3.63) is 59.9 Å². The maximum absolute atomic E-state index is 13.8. The summed E-state index contributed by atoms with van der Waals surface area (Å²) in [5.74, 6) is -1.99. The number of carbonyl (C=O) groups is 3. The summed E-state index contributed by atoms with van der Waals surface area (Å²) < 4.78 is 36.5. The van der Waals surface area contributed by atoms with E-state index in [2.05, 4.69) is 0 Å². The number of primary sulfonamides is 1. The average Bonchev–Trinajstić information content (AvgIpc) is 3.02. The van der Waals surface area contributed by atoms with E-state index in [4.69, 9.17) is 5.14 Å². The summed E-state index contributed by atoms with van der Waals surface area (Å²) in [7, 11) is -3.83. The van der Waals surface area contributed by atoms with Crippen LogP contribution in [0.3, 0.4) is 0 Å². The molecule has 192 valence electrons. The predicted molar refractivity (Wildman–Crippen MR) is 132 cm³/mol. The standard InChI is InChI=1S/C26H30FN3O5S/c1-25(2)22(26(25,3)4)24(33)29(14-13-16-5-11-19(12-6-16)36(28,34)35)20-15-21(31)30(23(20)32)18-9-7-17(27)8-10-18/h5-12,20,22H,13-15H2,1-4H3,(H2,28,34,35). The van der Waals surface area contributed by atoms with Gasteiger partial charge in [-0.15, -0.1) is 0 Å². The maximum Gasteiger partial charge on any atom is 0.257 e. The molecule has 4 rings (SSSR count). The number of carbonyl (C=O) groups excluding carboxylic acids is 3. The van der Waals surface area contributed by atoms with Gasteiger partial charge in [0.05, 0.1) is 17.0 Å². The van der Waals surface area contributed by atoms with Gasteiger partial charge in [-0.2, -0.15) is 0 Å². The summed E-state index contributed by atoms with van der Waals surface area (Å²) in [6, 6.07) is 10.1. The van der Waals surface area contributed by atoms with Crippen molar-refractivity contribution in [1.82, 2.24) is 4.90 Å². The first-order valence-electron chi connectivity index (χ1n) is 11.7. The molecular weight excluding hydrogens is 485 g/mol.